The van der Waals surface area contributed by atoms with Gasteiger partial charge in [0.25, 0.3) is 0 Å². The van der Waals surface area contributed by atoms with Crippen molar-refractivity contribution in [1.29, 1.82) is 0 Å². The quantitative estimate of drug-likeness (QED) is 0.719. The van der Waals surface area contributed by atoms with E-state index in [2.05, 4.69) is 27.9 Å². The zero-order valence-corrected chi connectivity index (χ0v) is 14.5. The lowest BCUT2D eigenvalue weighted by molar-refractivity contribution is -0.121. The van der Waals surface area contributed by atoms with Crippen molar-refractivity contribution < 1.29 is 9.90 Å². The van der Waals surface area contributed by atoms with Crippen LogP contribution < -0.4 is 5.32 Å². The van der Waals surface area contributed by atoms with E-state index in [-0.39, 0.29) is 18.6 Å². The number of nitrogens with one attached hydrogen (secondary N) is 1. The number of hydrogen-bond donors (Lipinski definition) is 2. The van der Waals surface area contributed by atoms with Crippen LogP contribution in [0, 0.1) is 9.49 Å². The summed E-state index contributed by atoms with van der Waals surface area (Å²) >= 11 is 2.25. The molecule has 0 bridgehead atoms. The maximum absolute atomic E-state index is 12.1. The maximum Gasteiger partial charge on any atom is 0.224 e. The first-order valence-electron chi connectivity index (χ1n) is 7.82. The molecule has 1 aliphatic carbocycles. The Balaban J connectivity index is 1.79. The van der Waals surface area contributed by atoms with Crippen molar-refractivity contribution >= 4 is 28.5 Å². The van der Waals surface area contributed by atoms with Crippen LogP contribution >= 0.6 is 22.6 Å². The highest BCUT2D eigenvalue weighted by atomic mass is 127. The number of halogens is 1. The topological polar surface area (TPSA) is 49.3 Å². The fourth-order valence-corrected chi connectivity index (χ4v) is 3.43. The monoisotopic (exact) mass is 401 g/mol. The van der Waals surface area contributed by atoms with E-state index in [1.54, 1.807) is 0 Å². The summed E-state index contributed by atoms with van der Waals surface area (Å²) in [4.78, 5) is 12.1. The molecule has 1 saturated carbocycles. The molecule has 4 heteroatoms. The van der Waals surface area contributed by atoms with Gasteiger partial charge in [0.2, 0.25) is 5.91 Å². The molecule has 3 nitrogen and oxygen atoms in total. The largest absolute Gasteiger partial charge is 0.394 e. The van der Waals surface area contributed by atoms with Gasteiger partial charge >= 0.3 is 0 Å². The summed E-state index contributed by atoms with van der Waals surface area (Å²) in [6.07, 6.45) is 7.69. The van der Waals surface area contributed by atoms with E-state index in [1.807, 2.05) is 24.3 Å². The Morgan fingerprint density at radius 1 is 1.24 bits per heavy atom. The predicted octanol–water partition coefficient (Wildman–Crippen LogP) is 3.28. The molecule has 116 valence electrons. The number of aliphatic hydroxyl groups is 1. The Labute approximate surface area is 140 Å². The van der Waals surface area contributed by atoms with Crippen molar-refractivity contribution in [3.63, 3.8) is 0 Å². The first kappa shape index (κ1) is 16.7. The van der Waals surface area contributed by atoms with Gasteiger partial charge in [-0.2, -0.15) is 0 Å². The zero-order chi connectivity index (χ0) is 15.1. The highest BCUT2D eigenvalue weighted by Gasteiger charge is 2.19. The molecule has 1 aromatic rings. The second kappa shape index (κ2) is 8.73. The number of aliphatic hydroxyl groups excluding tert-OH is 1. The molecule has 0 saturated heterocycles. The molecule has 0 aliphatic heterocycles. The van der Waals surface area contributed by atoms with Crippen LogP contribution in [0.5, 0.6) is 0 Å². The lowest BCUT2D eigenvalue weighted by Gasteiger charge is -2.26. The van der Waals surface area contributed by atoms with E-state index < -0.39 is 0 Å². The number of carbonyl (C=O) groups excluding carboxylic acids is 1. The molecule has 0 spiro atoms. The van der Waals surface area contributed by atoms with E-state index in [0.29, 0.717) is 12.3 Å². The Hall–Kier alpha value is -0.620. The van der Waals surface area contributed by atoms with E-state index in [0.717, 1.165) is 12.0 Å². The van der Waals surface area contributed by atoms with Gasteiger partial charge in [-0.15, -0.1) is 0 Å². The van der Waals surface area contributed by atoms with Crippen molar-refractivity contribution in [3.05, 3.63) is 33.4 Å². The Kier molecular flexibility index (Phi) is 6.96. The van der Waals surface area contributed by atoms with Gasteiger partial charge in [-0.1, -0.05) is 44.2 Å². The summed E-state index contributed by atoms with van der Waals surface area (Å²) in [7, 11) is 0. The summed E-state index contributed by atoms with van der Waals surface area (Å²) in [6.45, 7) is 0.0366. The average molecular weight is 401 g/mol. The van der Waals surface area contributed by atoms with E-state index >= 15 is 0 Å². The number of benzene rings is 1. The first-order valence-corrected chi connectivity index (χ1v) is 8.90. The van der Waals surface area contributed by atoms with Crippen molar-refractivity contribution in [1.82, 2.24) is 5.32 Å². The lowest BCUT2D eigenvalue weighted by Crippen LogP contribution is -2.40. The second-order valence-corrected chi connectivity index (χ2v) is 7.24. The number of hydrogen-bond acceptors (Lipinski definition) is 2. The van der Waals surface area contributed by atoms with Crippen molar-refractivity contribution in [2.45, 2.75) is 51.0 Å². The molecular weight excluding hydrogens is 377 g/mol. The lowest BCUT2D eigenvalue weighted by atomic mass is 9.85. The van der Waals surface area contributed by atoms with Gasteiger partial charge in [0.15, 0.2) is 0 Å². The highest BCUT2D eigenvalue weighted by molar-refractivity contribution is 14.1. The fourth-order valence-electron chi connectivity index (χ4n) is 3.07. The van der Waals surface area contributed by atoms with Crippen LogP contribution in [0.2, 0.25) is 0 Å². The summed E-state index contributed by atoms with van der Waals surface area (Å²) in [6, 6.07) is 7.89. The third-order valence-corrected chi connectivity index (χ3v) is 4.93. The summed E-state index contributed by atoms with van der Waals surface area (Å²) in [5.74, 6) is 0.667. The normalized spacial score (nSPS) is 17.4. The maximum atomic E-state index is 12.1. The molecule has 2 rings (SSSR count). The van der Waals surface area contributed by atoms with Gasteiger partial charge in [-0.05, 0) is 52.6 Å². The van der Waals surface area contributed by atoms with Gasteiger partial charge in [-0.25, -0.2) is 0 Å². The molecule has 2 N–H and O–H groups in total. The van der Waals surface area contributed by atoms with Gasteiger partial charge in [0.05, 0.1) is 19.1 Å². The average Bonchev–Trinajstić information content (AvgIpc) is 2.50. The van der Waals surface area contributed by atoms with Crippen LogP contribution in [0.4, 0.5) is 0 Å². The van der Waals surface area contributed by atoms with Gasteiger partial charge in [0, 0.05) is 3.57 Å². The minimum Gasteiger partial charge on any atom is -0.394 e. The van der Waals surface area contributed by atoms with Crippen LogP contribution in [-0.4, -0.2) is 23.7 Å². The van der Waals surface area contributed by atoms with Crippen LogP contribution in [0.3, 0.4) is 0 Å². The molecule has 1 amide bonds. The van der Waals surface area contributed by atoms with E-state index in [1.165, 1.54) is 35.7 Å². The van der Waals surface area contributed by atoms with Crippen molar-refractivity contribution in [2.24, 2.45) is 5.92 Å². The molecule has 1 fully saturated rings. The molecule has 0 radical (unpaired) electrons. The third-order valence-electron chi connectivity index (χ3n) is 4.21. The second-order valence-electron chi connectivity index (χ2n) is 5.99. The molecule has 1 aromatic carbocycles. The number of amides is 1. The summed E-state index contributed by atoms with van der Waals surface area (Å²) in [5.41, 5.74) is 1.02. The highest BCUT2D eigenvalue weighted by Crippen LogP contribution is 2.27. The Morgan fingerprint density at radius 2 is 1.90 bits per heavy atom. The van der Waals surface area contributed by atoms with E-state index in [4.69, 9.17) is 0 Å². The van der Waals surface area contributed by atoms with Crippen LogP contribution in [0.1, 0.15) is 44.1 Å². The molecule has 1 atom stereocenters. The van der Waals surface area contributed by atoms with Gasteiger partial charge in [-0.3, -0.25) is 4.79 Å². The van der Waals surface area contributed by atoms with Crippen molar-refractivity contribution in [2.75, 3.05) is 6.61 Å². The Bertz CT molecular complexity index is 441. The first-order chi connectivity index (χ1) is 10.2. The number of rotatable bonds is 6. The molecule has 0 aromatic heterocycles. The zero-order valence-electron chi connectivity index (χ0n) is 12.4. The van der Waals surface area contributed by atoms with E-state index in [9.17, 15) is 9.90 Å². The van der Waals surface area contributed by atoms with Crippen LogP contribution in [0.25, 0.3) is 0 Å². The SMILES string of the molecule is O=C(Cc1ccc(I)cc1)NC(CO)CC1CCCCC1. The van der Waals surface area contributed by atoms with Crippen LogP contribution in [-0.2, 0) is 11.2 Å². The summed E-state index contributed by atoms with van der Waals surface area (Å²) < 4.78 is 1.17. The minimum absolute atomic E-state index is 0.00562. The smallest absolute Gasteiger partial charge is 0.224 e. The van der Waals surface area contributed by atoms with Gasteiger partial charge < -0.3 is 10.4 Å². The molecule has 1 aliphatic rings. The molecule has 21 heavy (non-hydrogen) atoms. The number of carbonyl (C=O) groups is 1. The molecule has 0 heterocycles. The predicted molar refractivity (Wildman–Crippen MR) is 93.1 cm³/mol. The van der Waals surface area contributed by atoms with Gasteiger partial charge in [0.1, 0.15) is 0 Å². The van der Waals surface area contributed by atoms with Crippen LogP contribution in [0.15, 0.2) is 24.3 Å². The standard InChI is InChI=1S/C17H24INO2/c18-15-8-6-14(7-9-15)11-17(21)19-16(12-20)10-13-4-2-1-3-5-13/h6-9,13,16,20H,1-5,10-12H2,(H,19,21). The van der Waals surface area contributed by atoms with Crippen molar-refractivity contribution in [3.8, 4) is 0 Å². The third kappa shape index (κ3) is 5.94. The Morgan fingerprint density at radius 3 is 2.52 bits per heavy atom. The fraction of sp³-hybridized carbons (Fsp3) is 0.588. The molecule has 1 unspecified atom stereocenters. The molecular formula is C17H24INO2. The summed E-state index contributed by atoms with van der Waals surface area (Å²) in [5, 5.41) is 12.5. The minimum atomic E-state index is -0.0931.